The molecule has 1 amide bonds. The van der Waals surface area contributed by atoms with Crippen LogP contribution < -0.4 is 5.48 Å². The molecule has 0 saturated carbocycles. The predicted molar refractivity (Wildman–Crippen MR) is 112 cm³/mol. The molecule has 6 nitrogen and oxygen atoms in total. The Morgan fingerprint density at radius 3 is 2.72 bits per heavy atom. The van der Waals surface area contributed by atoms with Crippen LogP contribution in [0.15, 0.2) is 79.1 Å². The number of pyridine rings is 1. The summed E-state index contributed by atoms with van der Waals surface area (Å²) in [6.45, 7) is 0.785. The molecule has 0 fully saturated rings. The molecule has 6 heteroatoms. The summed E-state index contributed by atoms with van der Waals surface area (Å²) in [7, 11) is 0. The zero-order valence-corrected chi connectivity index (χ0v) is 15.7. The average molecular weight is 384 g/mol. The summed E-state index contributed by atoms with van der Waals surface area (Å²) >= 11 is 0. The van der Waals surface area contributed by atoms with Crippen molar-refractivity contribution in [2.75, 3.05) is 0 Å². The first-order chi connectivity index (χ1) is 14.2. The minimum Gasteiger partial charge on any atom is -0.324 e. The van der Waals surface area contributed by atoms with E-state index in [1.165, 1.54) is 11.6 Å². The molecule has 0 aliphatic carbocycles. The smallest absolute Gasteiger partial charge is 0.267 e. The Morgan fingerprint density at radius 1 is 1.07 bits per heavy atom. The Balaban J connectivity index is 1.72. The van der Waals surface area contributed by atoms with Crippen LogP contribution in [0.2, 0.25) is 0 Å². The number of carbonyl (C=O) groups is 1. The number of rotatable bonds is 6. The van der Waals surface area contributed by atoms with Gasteiger partial charge in [-0.05, 0) is 54.0 Å². The van der Waals surface area contributed by atoms with Crippen LogP contribution in [-0.2, 0) is 17.8 Å². The predicted octanol–water partition coefficient (Wildman–Crippen LogP) is 3.86. The van der Waals surface area contributed by atoms with Crippen LogP contribution >= 0.6 is 0 Å². The summed E-state index contributed by atoms with van der Waals surface area (Å²) in [6, 6.07) is 20.0. The molecule has 0 saturated heterocycles. The second kappa shape index (κ2) is 8.50. The van der Waals surface area contributed by atoms with Crippen molar-refractivity contribution in [3.63, 3.8) is 0 Å². The molecule has 0 aliphatic heterocycles. The molecular formula is C23H20N4O2. The number of para-hydroxylation sites is 2. The summed E-state index contributed by atoms with van der Waals surface area (Å²) in [5.74, 6) is 0.308. The Kier molecular flexibility index (Phi) is 5.45. The van der Waals surface area contributed by atoms with Gasteiger partial charge < -0.3 is 4.57 Å². The van der Waals surface area contributed by atoms with E-state index >= 15 is 0 Å². The number of aryl methyl sites for hydroxylation is 2. The van der Waals surface area contributed by atoms with Crippen molar-refractivity contribution in [2.24, 2.45) is 0 Å². The van der Waals surface area contributed by atoms with Crippen molar-refractivity contribution in [3.05, 3.63) is 90.3 Å². The number of nitrogens with one attached hydrogen (secondary N) is 1. The maximum absolute atomic E-state index is 11.3. The fourth-order valence-corrected chi connectivity index (χ4v) is 3.30. The van der Waals surface area contributed by atoms with E-state index in [0.717, 1.165) is 41.0 Å². The molecule has 2 aromatic carbocycles. The first kappa shape index (κ1) is 18.6. The number of imidazole rings is 1. The summed E-state index contributed by atoms with van der Waals surface area (Å²) in [5, 5.41) is 8.65. The van der Waals surface area contributed by atoms with Crippen molar-refractivity contribution in [1.82, 2.24) is 20.0 Å². The van der Waals surface area contributed by atoms with Gasteiger partial charge in [0.15, 0.2) is 0 Å². The second-order valence-electron chi connectivity index (χ2n) is 6.62. The van der Waals surface area contributed by atoms with Crippen LogP contribution in [0, 0.1) is 0 Å². The monoisotopic (exact) mass is 384 g/mol. The van der Waals surface area contributed by atoms with Crippen molar-refractivity contribution in [1.29, 1.82) is 0 Å². The number of aromatic nitrogens is 3. The molecule has 2 N–H and O–H groups in total. The lowest BCUT2D eigenvalue weighted by Gasteiger charge is -2.10. The molecule has 0 bridgehead atoms. The van der Waals surface area contributed by atoms with Crippen LogP contribution in [0.4, 0.5) is 0 Å². The normalized spacial score (nSPS) is 11.2. The van der Waals surface area contributed by atoms with Gasteiger partial charge in [-0.15, -0.1) is 0 Å². The van der Waals surface area contributed by atoms with Gasteiger partial charge in [0.05, 0.1) is 11.0 Å². The van der Waals surface area contributed by atoms with Crippen molar-refractivity contribution < 1.29 is 10.0 Å². The molecular weight excluding hydrogens is 364 g/mol. The van der Waals surface area contributed by atoms with Gasteiger partial charge in [0.2, 0.25) is 0 Å². The van der Waals surface area contributed by atoms with Crippen molar-refractivity contribution in [2.45, 2.75) is 13.0 Å². The third-order valence-electron chi connectivity index (χ3n) is 4.71. The molecule has 29 heavy (non-hydrogen) atoms. The van der Waals surface area contributed by atoms with E-state index in [1.807, 2.05) is 54.6 Å². The standard InChI is InChI=1S/C23H20N4O2/c28-22(26-29)9-8-18-4-3-5-19(16-18)23-25-20-6-1-2-7-21(20)27(23)15-12-17-10-13-24-14-11-17/h1-11,13-14,16,29H,12,15H2,(H,26,28)/b9-8+. The Morgan fingerprint density at radius 2 is 1.90 bits per heavy atom. The highest BCUT2D eigenvalue weighted by Gasteiger charge is 2.12. The van der Waals surface area contributed by atoms with Crippen molar-refractivity contribution in [3.8, 4) is 11.4 Å². The molecule has 144 valence electrons. The molecule has 4 rings (SSSR count). The summed E-state index contributed by atoms with van der Waals surface area (Å²) in [4.78, 5) is 20.2. The van der Waals surface area contributed by atoms with Crippen LogP contribution in [-0.4, -0.2) is 25.6 Å². The molecule has 0 radical (unpaired) electrons. The molecule has 0 unspecified atom stereocenters. The molecule has 2 heterocycles. The third-order valence-corrected chi connectivity index (χ3v) is 4.71. The highest BCUT2D eigenvalue weighted by Crippen LogP contribution is 2.26. The van der Waals surface area contributed by atoms with E-state index in [4.69, 9.17) is 10.2 Å². The Bertz CT molecular complexity index is 1170. The van der Waals surface area contributed by atoms with Gasteiger partial charge in [0, 0.05) is 30.6 Å². The van der Waals surface area contributed by atoms with Gasteiger partial charge >= 0.3 is 0 Å². The Labute approximate surface area is 168 Å². The van der Waals surface area contributed by atoms with Crippen LogP contribution in [0.5, 0.6) is 0 Å². The average Bonchev–Trinajstić information content (AvgIpc) is 3.15. The quantitative estimate of drug-likeness (QED) is 0.301. The molecule has 0 spiro atoms. The Hall–Kier alpha value is -3.77. The zero-order valence-electron chi connectivity index (χ0n) is 15.7. The van der Waals surface area contributed by atoms with Crippen LogP contribution in [0.25, 0.3) is 28.5 Å². The lowest BCUT2D eigenvalue weighted by Crippen LogP contribution is -2.14. The highest BCUT2D eigenvalue weighted by atomic mass is 16.5. The van der Waals surface area contributed by atoms with Crippen LogP contribution in [0.3, 0.4) is 0 Å². The number of carbonyl (C=O) groups excluding carboxylic acids is 1. The number of hydrogen-bond acceptors (Lipinski definition) is 4. The van der Waals surface area contributed by atoms with Gasteiger partial charge in [0.1, 0.15) is 5.82 Å². The first-order valence-electron chi connectivity index (χ1n) is 9.31. The fourth-order valence-electron chi connectivity index (χ4n) is 3.30. The number of hydrogen-bond donors (Lipinski definition) is 2. The van der Waals surface area contributed by atoms with Gasteiger partial charge in [0.25, 0.3) is 5.91 Å². The summed E-state index contributed by atoms with van der Waals surface area (Å²) < 4.78 is 2.22. The SMILES string of the molecule is O=C(/C=C/c1cccc(-c2nc3ccccc3n2CCc2ccncc2)c1)NO. The first-order valence-corrected chi connectivity index (χ1v) is 9.31. The molecule has 2 aromatic heterocycles. The highest BCUT2D eigenvalue weighted by molar-refractivity contribution is 5.91. The summed E-state index contributed by atoms with van der Waals surface area (Å²) in [5.41, 5.74) is 6.64. The van der Waals surface area contributed by atoms with E-state index in [2.05, 4.69) is 15.6 Å². The fraction of sp³-hybridized carbons (Fsp3) is 0.0870. The van der Waals surface area contributed by atoms with Gasteiger partial charge in [-0.25, -0.2) is 10.5 Å². The summed E-state index contributed by atoms with van der Waals surface area (Å²) in [6.07, 6.45) is 7.41. The molecule has 0 atom stereocenters. The van der Waals surface area contributed by atoms with E-state index in [1.54, 1.807) is 23.9 Å². The minimum atomic E-state index is -0.569. The van der Waals surface area contributed by atoms with Crippen LogP contribution in [0.1, 0.15) is 11.1 Å². The van der Waals surface area contributed by atoms with E-state index in [0.29, 0.717) is 0 Å². The number of hydroxylamine groups is 1. The van der Waals surface area contributed by atoms with Gasteiger partial charge in [-0.1, -0.05) is 30.3 Å². The molecule has 0 aliphatic rings. The van der Waals surface area contributed by atoms with Gasteiger partial charge in [-0.2, -0.15) is 0 Å². The second-order valence-corrected chi connectivity index (χ2v) is 6.62. The topological polar surface area (TPSA) is 80.0 Å². The third kappa shape index (κ3) is 4.23. The number of nitrogens with zero attached hydrogens (tertiary/aromatic N) is 3. The lowest BCUT2D eigenvalue weighted by molar-refractivity contribution is -0.124. The number of benzene rings is 2. The maximum atomic E-state index is 11.3. The maximum Gasteiger partial charge on any atom is 0.267 e. The largest absolute Gasteiger partial charge is 0.324 e. The van der Waals surface area contributed by atoms with Crippen molar-refractivity contribution >= 4 is 23.0 Å². The van der Waals surface area contributed by atoms with E-state index < -0.39 is 5.91 Å². The van der Waals surface area contributed by atoms with E-state index in [9.17, 15) is 4.79 Å². The van der Waals surface area contributed by atoms with Gasteiger partial charge in [-0.3, -0.25) is 15.0 Å². The molecule has 4 aromatic rings. The minimum absolute atomic E-state index is 0.569. The van der Waals surface area contributed by atoms with E-state index in [-0.39, 0.29) is 0 Å². The lowest BCUT2D eigenvalue weighted by atomic mass is 10.1. The zero-order chi connectivity index (χ0) is 20.1. The number of amides is 1. The number of fused-ring (bicyclic) bond motifs is 1.